The molecule has 2 heterocycles. The lowest BCUT2D eigenvalue weighted by Crippen LogP contribution is -2.63. The van der Waals surface area contributed by atoms with Gasteiger partial charge in [0.15, 0.2) is 5.06 Å². The number of fused-ring (bicyclic) bond motifs is 1. The van der Waals surface area contributed by atoms with Crippen molar-refractivity contribution in [3.8, 4) is 5.06 Å². The van der Waals surface area contributed by atoms with Crippen molar-refractivity contribution in [2.75, 3.05) is 46.4 Å². The number of benzene rings is 2. The van der Waals surface area contributed by atoms with Crippen molar-refractivity contribution in [1.29, 1.82) is 0 Å². The van der Waals surface area contributed by atoms with Gasteiger partial charge in [-0.1, -0.05) is 79.1 Å². The average Bonchev–Trinajstić information content (AvgIpc) is 3.46. The molecule has 9 nitrogen and oxygen atoms in total. The highest BCUT2D eigenvalue weighted by atomic mass is 32.1. The molecule has 3 amide bonds. The van der Waals surface area contributed by atoms with E-state index in [2.05, 4.69) is 15.5 Å². The Morgan fingerprint density at radius 3 is 2.49 bits per heavy atom. The fourth-order valence-corrected chi connectivity index (χ4v) is 6.91. The summed E-state index contributed by atoms with van der Waals surface area (Å²) in [5.41, 5.74) is -0.149. The Kier molecular flexibility index (Phi) is 10.7. The SMILES string of the molecule is CN(C(=O)Oc1cc2ccccc2s1)C1(C(=O)NC(Cc2ccccc2)C(=O)NCCCN2CCOCC2)CCCCC1. The van der Waals surface area contributed by atoms with Crippen LogP contribution in [0.1, 0.15) is 44.1 Å². The molecule has 1 saturated carbocycles. The Balaban J connectivity index is 1.27. The lowest BCUT2D eigenvalue weighted by molar-refractivity contribution is -0.137. The molecule has 3 aromatic rings. The van der Waals surface area contributed by atoms with E-state index in [1.807, 2.05) is 60.7 Å². The maximum atomic E-state index is 14.1. The second-order valence-electron chi connectivity index (χ2n) is 11.4. The molecule has 5 rings (SSSR count). The summed E-state index contributed by atoms with van der Waals surface area (Å²) in [6, 6.07) is 18.6. The fraction of sp³-hybridized carbons (Fsp3) is 0.485. The Labute approximate surface area is 257 Å². The quantitative estimate of drug-likeness (QED) is 0.310. The van der Waals surface area contributed by atoms with E-state index < -0.39 is 17.7 Å². The fourth-order valence-electron chi connectivity index (χ4n) is 6.00. The van der Waals surface area contributed by atoms with Crippen LogP contribution in [0.5, 0.6) is 5.06 Å². The second kappa shape index (κ2) is 14.8. The normalized spacial score (nSPS) is 17.6. The van der Waals surface area contributed by atoms with Crippen LogP contribution in [0.25, 0.3) is 10.1 Å². The molecule has 2 aliphatic rings. The van der Waals surface area contributed by atoms with Gasteiger partial charge in [-0.3, -0.25) is 19.4 Å². The first-order valence-electron chi connectivity index (χ1n) is 15.3. The van der Waals surface area contributed by atoms with Gasteiger partial charge < -0.3 is 20.1 Å². The minimum absolute atomic E-state index is 0.222. The minimum Gasteiger partial charge on any atom is -0.399 e. The molecule has 1 unspecified atom stereocenters. The van der Waals surface area contributed by atoms with E-state index >= 15 is 0 Å². The number of thiophene rings is 1. The lowest BCUT2D eigenvalue weighted by atomic mass is 9.79. The topological polar surface area (TPSA) is 100 Å². The molecule has 230 valence electrons. The molecule has 10 heteroatoms. The number of ether oxygens (including phenoxy) is 2. The molecular weight excluding hydrogens is 564 g/mol. The zero-order chi connectivity index (χ0) is 30.1. The van der Waals surface area contributed by atoms with Gasteiger partial charge in [0.1, 0.15) is 11.6 Å². The van der Waals surface area contributed by atoms with E-state index in [4.69, 9.17) is 9.47 Å². The number of carbonyl (C=O) groups excluding carboxylic acids is 3. The van der Waals surface area contributed by atoms with Gasteiger partial charge in [-0.25, -0.2) is 4.79 Å². The van der Waals surface area contributed by atoms with E-state index in [1.165, 1.54) is 16.2 Å². The maximum absolute atomic E-state index is 14.1. The Morgan fingerprint density at radius 1 is 1.02 bits per heavy atom. The first-order valence-corrected chi connectivity index (χ1v) is 16.1. The molecule has 1 atom stereocenters. The summed E-state index contributed by atoms with van der Waals surface area (Å²) in [6.07, 6.45) is 4.23. The number of rotatable bonds is 11. The molecule has 1 aliphatic heterocycles. The number of hydrogen-bond acceptors (Lipinski definition) is 7. The summed E-state index contributed by atoms with van der Waals surface area (Å²) in [6.45, 7) is 4.69. The van der Waals surface area contributed by atoms with Crippen LogP contribution >= 0.6 is 11.3 Å². The Hall–Kier alpha value is -3.47. The molecule has 0 radical (unpaired) electrons. The number of carbonyl (C=O) groups is 3. The number of hydrogen-bond donors (Lipinski definition) is 2. The van der Waals surface area contributed by atoms with Gasteiger partial charge in [-0.05, 0) is 42.8 Å². The van der Waals surface area contributed by atoms with Crippen molar-refractivity contribution in [2.24, 2.45) is 0 Å². The molecule has 1 aliphatic carbocycles. The molecule has 2 N–H and O–H groups in total. The lowest BCUT2D eigenvalue weighted by Gasteiger charge is -2.42. The molecule has 1 saturated heterocycles. The highest BCUT2D eigenvalue weighted by molar-refractivity contribution is 7.20. The van der Waals surface area contributed by atoms with Gasteiger partial charge in [0.2, 0.25) is 11.8 Å². The first-order chi connectivity index (χ1) is 20.9. The molecule has 43 heavy (non-hydrogen) atoms. The first kappa shape index (κ1) is 31.0. The van der Waals surface area contributed by atoms with Crippen LogP contribution in [0.4, 0.5) is 4.79 Å². The van der Waals surface area contributed by atoms with Crippen LogP contribution < -0.4 is 15.4 Å². The summed E-state index contributed by atoms with van der Waals surface area (Å²) in [7, 11) is 1.64. The summed E-state index contributed by atoms with van der Waals surface area (Å²) in [5, 5.41) is 7.60. The van der Waals surface area contributed by atoms with Crippen molar-refractivity contribution in [2.45, 2.75) is 56.5 Å². The molecule has 1 aromatic heterocycles. The van der Waals surface area contributed by atoms with Crippen molar-refractivity contribution in [1.82, 2.24) is 20.4 Å². The van der Waals surface area contributed by atoms with Gasteiger partial charge in [-0.2, -0.15) is 0 Å². The Morgan fingerprint density at radius 2 is 1.74 bits per heavy atom. The highest BCUT2D eigenvalue weighted by Gasteiger charge is 2.47. The van der Waals surface area contributed by atoms with Crippen LogP contribution in [-0.4, -0.2) is 85.7 Å². The zero-order valence-corrected chi connectivity index (χ0v) is 25.7. The largest absolute Gasteiger partial charge is 0.416 e. The van der Waals surface area contributed by atoms with Crippen LogP contribution in [0.3, 0.4) is 0 Å². The van der Waals surface area contributed by atoms with Gasteiger partial charge in [0.25, 0.3) is 0 Å². The highest BCUT2D eigenvalue weighted by Crippen LogP contribution is 2.36. The number of nitrogens with one attached hydrogen (secondary N) is 2. The van der Waals surface area contributed by atoms with Crippen molar-refractivity contribution in [3.63, 3.8) is 0 Å². The molecule has 2 aromatic carbocycles. The number of likely N-dealkylation sites (N-methyl/N-ethyl adjacent to an activating group) is 1. The number of morpholine rings is 1. The van der Waals surface area contributed by atoms with Crippen LogP contribution in [0, 0.1) is 0 Å². The number of nitrogens with zero attached hydrogens (tertiary/aromatic N) is 2. The standard InChI is InChI=1S/C33H42N4O5S/c1-36(32(40)42-29-24-26-13-6-7-14-28(26)43-29)33(15-8-3-9-16-33)31(39)35-27(23-25-11-4-2-5-12-25)30(38)34-17-10-18-37-19-21-41-22-20-37/h2,4-7,11-14,24,27H,3,8-10,15-23H2,1H3,(H,34,38)(H,35,39). The van der Waals surface area contributed by atoms with E-state index in [0.717, 1.165) is 74.2 Å². The van der Waals surface area contributed by atoms with Crippen LogP contribution in [0.15, 0.2) is 60.7 Å². The zero-order valence-electron chi connectivity index (χ0n) is 24.9. The third kappa shape index (κ3) is 7.93. The van der Waals surface area contributed by atoms with Crippen LogP contribution in [0.2, 0.25) is 0 Å². The van der Waals surface area contributed by atoms with E-state index in [1.54, 1.807) is 7.05 Å². The summed E-state index contributed by atoms with van der Waals surface area (Å²) in [4.78, 5) is 44.9. The second-order valence-corrected chi connectivity index (χ2v) is 12.5. The predicted molar refractivity (Wildman–Crippen MR) is 168 cm³/mol. The van der Waals surface area contributed by atoms with E-state index in [0.29, 0.717) is 30.9 Å². The van der Waals surface area contributed by atoms with Gasteiger partial charge >= 0.3 is 6.09 Å². The molecule has 0 spiro atoms. The van der Waals surface area contributed by atoms with Crippen molar-refractivity contribution < 1.29 is 23.9 Å². The third-order valence-electron chi connectivity index (χ3n) is 8.57. The van der Waals surface area contributed by atoms with Gasteiger partial charge in [0, 0.05) is 43.9 Å². The molecule has 2 fully saturated rings. The summed E-state index contributed by atoms with van der Waals surface area (Å²) in [5.74, 6) is -0.534. The summed E-state index contributed by atoms with van der Waals surface area (Å²) < 4.78 is 12.2. The van der Waals surface area contributed by atoms with Crippen molar-refractivity contribution in [3.05, 3.63) is 66.2 Å². The minimum atomic E-state index is -1.10. The Bertz CT molecular complexity index is 1330. The van der Waals surface area contributed by atoms with Gasteiger partial charge in [0.05, 0.1) is 13.2 Å². The predicted octanol–water partition coefficient (Wildman–Crippen LogP) is 4.60. The maximum Gasteiger partial charge on any atom is 0.416 e. The van der Waals surface area contributed by atoms with E-state index in [-0.39, 0.29) is 11.8 Å². The van der Waals surface area contributed by atoms with E-state index in [9.17, 15) is 14.4 Å². The number of amides is 3. The molecular formula is C33H42N4O5S. The third-order valence-corrected chi connectivity index (χ3v) is 9.56. The monoisotopic (exact) mass is 606 g/mol. The smallest absolute Gasteiger partial charge is 0.399 e. The van der Waals surface area contributed by atoms with Crippen molar-refractivity contribution >= 4 is 39.3 Å². The summed E-state index contributed by atoms with van der Waals surface area (Å²) >= 11 is 1.40. The molecule has 0 bridgehead atoms. The average molecular weight is 607 g/mol. The van der Waals surface area contributed by atoms with Gasteiger partial charge in [-0.15, -0.1) is 0 Å². The van der Waals surface area contributed by atoms with Crippen LogP contribution in [-0.2, 0) is 20.7 Å².